The maximum absolute atomic E-state index is 13.4. The highest BCUT2D eigenvalue weighted by atomic mass is 19.1. The summed E-state index contributed by atoms with van der Waals surface area (Å²) < 4.78 is 18.2. The molecule has 0 aliphatic rings. The first-order valence-electron chi connectivity index (χ1n) is 6.76. The number of halogens is 1. The van der Waals surface area contributed by atoms with Crippen LogP contribution >= 0.6 is 0 Å². The van der Waals surface area contributed by atoms with Crippen LogP contribution in [0.2, 0.25) is 0 Å². The molecule has 0 radical (unpaired) electrons. The molecule has 2 aromatic carbocycles. The van der Waals surface area contributed by atoms with Crippen molar-refractivity contribution < 1.29 is 18.7 Å². The molecule has 0 heterocycles. The lowest BCUT2D eigenvalue weighted by molar-refractivity contribution is -0.119. The number of benzene rings is 2. The molecule has 4 nitrogen and oxygen atoms in total. The summed E-state index contributed by atoms with van der Waals surface area (Å²) in [5.41, 5.74) is 2.45. The summed E-state index contributed by atoms with van der Waals surface area (Å²) in [5.74, 6) is -2.02. The number of rotatable bonds is 4. The first-order valence-corrected chi connectivity index (χ1v) is 6.76. The van der Waals surface area contributed by atoms with Gasteiger partial charge in [0, 0.05) is 5.69 Å². The Morgan fingerprint density at radius 2 is 1.82 bits per heavy atom. The second-order valence-electron chi connectivity index (χ2n) is 4.85. The minimum Gasteiger partial charge on any atom is -0.452 e. The molecule has 5 heteroatoms. The van der Waals surface area contributed by atoms with E-state index in [1.54, 1.807) is 6.07 Å². The van der Waals surface area contributed by atoms with Crippen LogP contribution in [0.15, 0.2) is 42.5 Å². The molecule has 0 aromatic heterocycles. The number of hydrogen-bond donors (Lipinski definition) is 1. The van der Waals surface area contributed by atoms with Gasteiger partial charge in [0.25, 0.3) is 5.91 Å². The molecular weight excluding hydrogens is 285 g/mol. The summed E-state index contributed by atoms with van der Waals surface area (Å²) in [4.78, 5) is 23.5. The van der Waals surface area contributed by atoms with E-state index in [-0.39, 0.29) is 5.56 Å². The standard InChI is InChI=1S/C17H16FNO3/c1-11-6-5-9-15(12(11)2)19-16(20)10-22-17(21)13-7-3-4-8-14(13)18/h3-9H,10H2,1-2H3,(H,19,20). The van der Waals surface area contributed by atoms with Gasteiger partial charge in [-0.1, -0.05) is 24.3 Å². The van der Waals surface area contributed by atoms with Crippen LogP contribution in [0.1, 0.15) is 21.5 Å². The van der Waals surface area contributed by atoms with Gasteiger partial charge in [0.1, 0.15) is 5.82 Å². The monoisotopic (exact) mass is 301 g/mol. The molecule has 22 heavy (non-hydrogen) atoms. The second-order valence-corrected chi connectivity index (χ2v) is 4.85. The largest absolute Gasteiger partial charge is 0.452 e. The molecule has 2 rings (SSSR count). The Kier molecular flexibility index (Phi) is 4.88. The van der Waals surface area contributed by atoms with Gasteiger partial charge in [-0.2, -0.15) is 0 Å². The SMILES string of the molecule is Cc1cccc(NC(=O)COC(=O)c2ccccc2F)c1C. The first-order chi connectivity index (χ1) is 10.5. The Morgan fingerprint density at radius 1 is 1.09 bits per heavy atom. The summed E-state index contributed by atoms with van der Waals surface area (Å²) >= 11 is 0. The van der Waals surface area contributed by atoms with Gasteiger partial charge in [0.15, 0.2) is 6.61 Å². The first kappa shape index (κ1) is 15.7. The van der Waals surface area contributed by atoms with E-state index in [0.717, 1.165) is 17.2 Å². The summed E-state index contributed by atoms with van der Waals surface area (Å²) in [7, 11) is 0. The molecule has 0 unspecified atom stereocenters. The number of ether oxygens (including phenoxy) is 1. The van der Waals surface area contributed by atoms with Crippen LogP contribution in [0.3, 0.4) is 0 Å². The summed E-state index contributed by atoms with van der Waals surface area (Å²) in [5, 5.41) is 2.66. The summed E-state index contributed by atoms with van der Waals surface area (Å²) in [6.45, 7) is 3.35. The van der Waals surface area contributed by atoms with Crippen molar-refractivity contribution in [2.75, 3.05) is 11.9 Å². The Morgan fingerprint density at radius 3 is 2.55 bits per heavy atom. The van der Waals surface area contributed by atoms with E-state index in [2.05, 4.69) is 5.32 Å². The average Bonchev–Trinajstić information content (AvgIpc) is 2.50. The fourth-order valence-corrected chi connectivity index (χ4v) is 1.91. The lowest BCUT2D eigenvalue weighted by Gasteiger charge is -2.10. The Labute approximate surface area is 127 Å². The zero-order valence-electron chi connectivity index (χ0n) is 12.4. The van der Waals surface area contributed by atoms with E-state index in [4.69, 9.17) is 4.74 Å². The zero-order chi connectivity index (χ0) is 16.1. The number of nitrogens with one attached hydrogen (secondary N) is 1. The van der Waals surface area contributed by atoms with Crippen LogP contribution < -0.4 is 5.32 Å². The van der Waals surface area contributed by atoms with Crippen LogP contribution in [0, 0.1) is 19.7 Å². The predicted molar refractivity (Wildman–Crippen MR) is 81.2 cm³/mol. The third-order valence-electron chi connectivity index (χ3n) is 3.31. The van der Waals surface area contributed by atoms with Gasteiger partial charge in [0.05, 0.1) is 5.56 Å². The Hall–Kier alpha value is -2.69. The van der Waals surface area contributed by atoms with Crippen LogP contribution in [-0.4, -0.2) is 18.5 Å². The van der Waals surface area contributed by atoms with Gasteiger partial charge in [0.2, 0.25) is 0 Å². The molecule has 0 fully saturated rings. The van der Waals surface area contributed by atoms with Crippen molar-refractivity contribution in [1.82, 2.24) is 0 Å². The van der Waals surface area contributed by atoms with Gasteiger partial charge in [-0.3, -0.25) is 4.79 Å². The number of anilines is 1. The minimum absolute atomic E-state index is 0.193. The highest BCUT2D eigenvalue weighted by Crippen LogP contribution is 2.17. The van der Waals surface area contributed by atoms with Crippen molar-refractivity contribution in [3.05, 3.63) is 65.0 Å². The van der Waals surface area contributed by atoms with Gasteiger partial charge in [-0.15, -0.1) is 0 Å². The normalized spacial score (nSPS) is 10.1. The lowest BCUT2D eigenvalue weighted by atomic mass is 10.1. The van der Waals surface area contributed by atoms with Crippen molar-refractivity contribution >= 4 is 17.6 Å². The molecule has 114 valence electrons. The van der Waals surface area contributed by atoms with E-state index in [1.165, 1.54) is 18.2 Å². The number of aryl methyl sites for hydroxylation is 1. The van der Waals surface area contributed by atoms with Crippen LogP contribution in [0.25, 0.3) is 0 Å². The number of amides is 1. The fourth-order valence-electron chi connectivity index (χ4n) is 1.91. The topological polar surface area (TPSA) is 55.4 Å². The van der Waals surface area contributed by atoms with Crippen LogP contribution in [0.5, 0.6) is 0 Å². The molecule has 0 saturated heterocycles. The molecule has 0 saturated carbocycles. The average molecular weight is 301 g/mol. The third kappa shape index (κ3) is 3.69. The Balaban J connectivity index is 1.95. The lowest BCUT2D eigenvalue weighted by Crippen LogP contribution is -2.21. The molecule has 0 atom stereocenters. The molecule has 1 N–H and O–H groups in total. The van der Waals surface area contributed by atoms with Crippen molar-refractivity contribution in [1.29, 1.82) is 0 Å². The van der Waals surface area contributed by atoms with E-state index in [0.29, 0.717) is 5.69 Å². The number of hydrogen-bond acceptors (Lipinski definition) is 3. The second kappa shape index (κ2) is 6.85. The number of carbonyl (C=O) groups excluding carboxylic acids is 2. The molecule has 0 bridgehead atoms. The molecule has 0 aliphatic heterocycles. The van der Waals surface area contributed by atoms with E-state index >= 15 is 0 Å². The number of esters is 1. The van der Waals surface area contributed by atoms with Gasteiger partial charge in [-0.05, 0) is 43.2 Å². The molecule has 1 amide bonds. The zero-order valence-corrected chi connectivity index (χ0v) is 12.4. The molecule has 0 aliphatic carbocycles. The van der Waals surface area contributed by atoms with Crippen molar-refractivity contribution in [3.8, 4) is 0 Å². The van der Waals surface area contributed by atoms with Crippen molar-refractivity contribution in [3.63, 3.8) is 0 Å². The van der Waals surface area contributed by atoms with Crippen molar-refractivity contribution in [2.24, 2.45) is 0 Å². The van der Waals surface area contributed by atoms with Gasteiger partial charge >= 0.3 is 5.97 Å². The third-order valence-corrected chi connectivity index (χ3v) is 3.31. The maximum Gasteiger partial charge on any atom is 0.341 e. The molecule has 2 aromatic rings. The predicted octanol–water partition coefficient (Wildman–Crippen LogP) is 3.24. The molecule has 0 spiro atoms. The van der Waals surface area contributed by atoms with Gasteiger partial charge in [-0.25, -0.2) is 9.18 Å². The number of carbonyl (C=O) groups is 2. The highest BCUT2D eigenvalue weighted by molar-refractivity contribution is 5.96. The van der Waals surface area contributed by atoms with Crippen LogP contribution in [-0.2, 0) is 9.53 Å². The molecular formula is C17H16FNO3. The fraction of sp³-hybridized carbons (Fsp3) is 0.176. The van der Waals surface area contributed by atoms with Crippen LogP contribution in [0.4, 0.5) is 10.1 Å². The van der Waals surface area contributed by atoms with E-state index in [1.807, 2.05) is 26.0 Å². The van der Waals surface area contributed by atoms with Gasteiger partial charge < -0.3 is 10.1 Å². The summed E-state index contributed by atoms with van der Waals surface area (Å²) in [6, 6.07) is 11.0. The maximum atomic E-state index is 13.4. The Bertz CT molecular complexity index is 713. The minimum atomic E-state index is -0.866. The van der Waals surface area contributed by atoms with E-state index < -0.39 is 24.3 Å². The quantitative estimate of drug-likeness (QED) is 0.882. The van der Waals surface area contributed by atoms with Crippen molar-refractivity contribution in [2.45, 2.75) is 13.8 Å². The van der Waals surface area contributed by atoms with E-state index in [9.17, 15) is 14.0 Å². The smallest absolute Gasteiger partial charge is 0.341 e. The summed E-state index contributed by atoms with van der Waals surface area (Å²) in [6.07, 6.45) is 0. The highest BCUT2D eigenvalue weighted by Gasteiger charge is 2.14.